The Kier molecular flexibility index (Phi) is 5.83. The van der Waals surface area contributed by atoms with Crippen molar-refractivity contribution in [2.45, 2.75) is 25.5 Å². The summed E-state index contributed by atoms with van der Waals surface area (Å²) in [7, 11) is 1.63. The van der Waals surface area contributed by atoms with E-state index < -0.39 is 0 Å². The van der Waals surface area contributed by atoms with E-state index in [2.05, 4.69) is 10.6 Å². The number of nitrogens with one attached hydrogen (secondary N) is 2. The van der Waals surface area contributed by atoms with Gasteiger partial charge in [0.1, 0.15) is 12.4 Å². The molecule has 1 aliphatic heterocycles. The molecule has 0 saturated carbocycles. The van der Waals surface area contributed by atoms with Gasteiger partial charge in [0.05, 0.1) is 13.2 Å². The van der Waals surface area contributed by atoms with Gasteiger partial charge in [-0.2, -0.15) is 0 Å². The molecule has 0 atom stereocenters. The first kappa shape index (κ1) is 14.8. The fourth-order valence-electron chi connectivity index (χ4n) is 2.25. The first-order valence-electron chi connectivity index (χ1n) is 7.00. The van der Waals surface area contributed by atoms with E-state index in [0.29, 0.717) is 6.54 Å². The van der Waals surface area contributed by atoms with Crippen LogP contribution in [0.5, 0.6) is 5.75 Å². The van der Waals surface area contributed by atoms with Gasteiger partial charge in [0.25, 0.3) is 0 Å². The van der Waals surface area contributed by atoms with E-state index in [1.807, 2.05) is 24.3 Å². The number of carbonyl (C=O) groups excluding carboxylic acids is 1. The number of benzene rings is 1. The highest BCUT2D eigenvalue weighted by molar-refractivity contribution is 5.77. The van der Waals surface area contributed by atoms with Crippen molar-refractivity contribution in [2.75, 3.05) is 26.8 Å². The Bertz CT molecular complexity index is 431. The molecule has 0 aliphatic carbocycles. The van der Waals surface area contributed by atoms with Crippen LogP contribution in [0.25, 0.3) is 0 Å². The molecule has 1 heterocycles. The third-order valence-electron chi connectivity index (χ3n) is 3.40. The number of methoxy groups -OCH3 is 1. The summed E-state index contributed by atoms with van der Waals surface area (Å²) in [6.07, 6.45) is 2.15. The normalized spacial score (nSPS) is 15.8. The van der Waals surface area contributed by atoms with E-state index in [0.717, 1.165) is 37.2 Å². The number of piperidine rings is 1. The van der Waals surface area contributed by atoms with Gasteiger partial charge in [0.15, 0.2) is 0 Å². The van der Waals surface area contributed by atoms with Crippen LogP contribution in [0.3, 0.4) is 0 Å². The first-order chi connectivity index (χ1) is 9.79. The van der Waals surface area contributed by atoms with Gasteiger partial charge in [-0.05, 0) is 32.0 Å². The summed E-state index contributed by atoms with van der Waals surface area (Å²) in [6.45, 7) is 2.51. The van der Waals surface area contributed by atoms with Crippen LogP contribution in [0.4, 0.5) is 0 Å². The van der Waals surface area contributed by atoms with Crippen LogP contribution in [0.1, 0.15) is 18.4 Å². The minimum atomic E-state index is -0.0885. The van der Waals surface area contributed by atoms with Crippen LogP contribution in [0, 0.1) is 0 Å². The monoisotopic (exact) mass is 278 g/mol. The average molecular weight is 278 g/mol. The van der Waals surface area contributed by atoms with E-state index in [9.17, 15) is 4.79 Å². The number of hydrogen-bond donors (Lipinski definition) is 2. The second kappa shape index (κ2) is 7.87. The predicted octanol–water partition coefficient (Wildman–Crippen LogP) is 1.08. The van der Waals surface area contributed by atoms with E-state index in [1.165, 1.54) is 0 Å². The highest BCUT2D eigenvalue weighted by atomic mass is 16.5. The van der Waals surface area contributed by atoms with Gasteiger partial charge in [-0.1, -0.05) is 18.2 Å². The number of rotatable bonds is 6. The summed E-state index contributed by atoms with van der Waals surface area (Å²) in [5.74, 6) is 0.696. The molecule has 2 N–H and O–H groups in total. The molecule has 2 rings (SSSR count). The van der Waals surface area contributed by atoms with Crippen LogP contribution in [0.2, 0.25) is 0 Å². The molecular formula is C15H22N2O3. The summed E-state index contributed by atoms with van der Waals surface area (Å²) in [4.78, 5) is 11.8. The fraction of sp³-hybridized carbons (Fsp3) is 0.533. The summed E-state index contributed by atoms with van der Waals surface area (Å²) in [5.41, 5.74) is 0.963. The van der Waals surface area contributed by atoms with Gasteiger partial charge in [0, 0.05) is 12.1 Å². The molecule has 1 aliphatic rings. The predicted molar refractivity (Wildman–Crippen MR) is 76.7 cm³/mol. The lowest BCUT2D eigenvalue weighted by molar-refractivity contribution is -0.128. The zero-order valence-corrected chi connectivity index (χ0v) is 11.9. The minimum absolute atomic E-state index is 0.0885. The molecule has 0 bridgehead atoms. The van der Waals surface area contributed by atoms with Crippen LogP contribution in [0.15, 0.2) is 24.3 Å². The second-order valence-electron chi connectivity index (χ2n) is 4.85. The molecule has 5 nitrogen and oxygen atoms in total. The molecule has 0 aromatic heterocycles. The quantitative estimate of drug-likeness (QED) is 0.817. The molecule has 1 saturated heterocycles. The standard InChI is InChI=1S/C15H22N2O3/c1-19-14-5-3-2-4-12(14)10-17-15(18)11-20-13-6-8-16-9-7-13/h2-5,13,16H,6-11H2,1H3,(H,17,18). The van der Waals surface area contributed by atoms with Crippen molar-refractivity contribution in [1.82, 2.24) is 10.6 Å². The SMILES string of the molecule is COc1ccccc1CNC(=O)COC1CCNCC1. The Morgan fingerprint density at radius 1 is 1.35 bits per heavy atom. The van der Waals surface area contributed by atoms with Crippen LogP contribution in [-0.2, 0) is 16.1 Å². The van der Waals surface area contributed by atoms with Crippen molar-refractivity contribution in [3.05, 3.63) is 29.8 Å². The average Bonchev–Trinajstić information content (AvgIpc) is 2.52. The maximum absolute atomic E-state index is 11.8. The highest BCUT2D eigenvalue weighted by Crippen LogP contribution is 2.16. The van der Waals surface area contributed by atoms with Crippen molar-refractivity contribution < 1.29 is 14.3 Å². The maximum Gasteiger partial charge on any atom is 0.246 e. The maximum atomic E-state index is 11.8. The molecule has 0 spiro atoms. The Balaban J connectivity index is 1.71. The Hall–Kier alpha value is -1.59. The summed E-state index contributed by atoms with van der Waals surface area (Å²) in [6, 6.07) is 7.65. The zero-order valence-electron chi connectivity index (χ0n) is 11.9. The van der Waals surface area contributed by atoms with Gasteiger partial charge in [-0.25, -0.2) is 0 Å². The molecule has 110 valence electrons. The molecule has 1 amide bonds. The van der Waals surface area contributed by atoms with Gasteiger partial charge in [0.2, 0.25) is 5.91 Å². The summed E-state index contributed by atoms with van der Waals surface area (Å²) >= 11 is 0. The number of ether oxygens (including phenoxy) is 2. The number of carbonyl (C=O) groups is 1. The molecule has 1 aromatic rings. The Labute approximate surface area is 119 Å². The van der Waals surface area contributed by atoms with Crippen molar-refractivity contribution in [3.63, 3.8) is 0 Å². The van der Waals surface area contributed by atoms with Crippen molar-refractivity contribution in [1.29, 1.82) is 0 Å². The van der Waals surface area contributed by atoms with Gasteiger partial charge < -0.3 is 20.1 Å². The summed E-state index contributed by atoms with van der Waals surface area (Å²) in [5, 5.41) is 6.12. The molecule has 5 heteroatoms. The van der Waals surface area contributed by atoms with E-state index in [4.69, 9.17) is 9.47 Å². The lowest BCUT2D eigenvalue weighted by Crippen LogP contribution is -2.35. The smallest absolute Gasteiger partial charge is 0.246 e. The van der Waals surface area contributed by atoms with Crippen molar-refractivity contribution in [2.24, 2.45) is 0 Å². The minimum Gasteiger partial charge on any atom is -0.496 e. The number of amides is 1. The van der Waals surface area contributed by atoms with Crippen LogP contribution >= 0.6 is 0 Å². The number of para-hydroxylation sites is 1. The molecule has 0 unspecified atom stereocenters. The molecule has 0 radical (unpaired) electrons. The van der Waals surface area contributed by atoms with E-state index >= 15 is 0 Å². The first-order valence-corrected chi connectivity index (χ1v) is 7.00. The molecule has 20 heavy (non-hydrogen) atoms. The lowest BCUT2D eigenvalue weighted by atomic mass is 10.1. The Morgan fingerprint density at radius 2 is 2.10 bits per heavy atom. The third-order valence-corrected chi connectivity index (χ3v) is 3.40. The van der Waals surface area contributed by atoms with Gasteiger partial charge in [-0.3, -0.25) is 4.79 Å². The molecule has 1 fully saturated rings. The fourth-order valence-corrected chi connectivity index (χ4v) is 2.25. The second-order valence-corrected chi connectivity index (χ2v) is 4.85. The summed E-state index contributed by atoms with van der Waals surface area (Å²) < 4.78 is 10.8. The van der Waals surface area contributed by atoms with E-state index in [-0.39, 0.29) is 18.6 Å². The van der Waals surface area contributed by atoms with Crippen LogP contribution < -0.4 is 15.4 Å². The third kappa shape index (κ3) is 4.51. The van der Waals surface area contributed by atoms with Crippen molar-refractivity contribution >= 4 is 5.91 Å². The van der Waals surface area contributed by atoms with Gasteiger partial charge in [-0.15, -0.1) is 0 Å². The highest BCUT2D eigenvalue weighted by Gasteiger charge is 2.14. The van der Waals surface area contributed by atoms with Gasteiger partial charge >= 0.3 is 0 Å². The molecule has 1 aromatic carbocycles. The van der Waals surface area contributed by atoms with Crippen molar-refractivity contribution in [3.8, 4) is 5.75 Å². The lowest BCUT2D eigenvalue weighted by Gasteiger charge is -2.22. The van der Waals surface area contributed by atoms with E-state index in [1.54, 1.807) is 7.11 Å². The van der Waals surface area contributed by atoms with Crippen LogP contribution in [-0.4, -0.2) is 38.8 Å². The molecular weight excluding hydrogens is 256 g/mol. The largest absolute Gasteiger partial charge is 0.496 e. The zero-order chi connectivity index (χ0) is 14.2. The topological polar surface area (TPSA) is 59.6 Å². The Morgan fingerprint density at radius 3 is 2.85 bits per heavy atom. The number of hydrogen-bond acceptors (Lipinski definition) is 4.